The molecule has 0 spiro atoms. The van der Waals surface area contributed by atoms with Crippen LogP contribution < -0.4 is 4.74 Å². The minimum atomic E-state index is 0.946. The van der Waals surface area contributed by atoms with E-state index in [4.69, 9.17) is 4.74 Å². The molecule has 1 heteroatoms. The first-order chi connectivity index (χ1) is 6.11. The first-order valence-corrected chi connectivity index (χ1v) is 4.49. The van der Waals surface area contributed by atoms with Crippen molar-refractivity contribution in [1.29, 1.82) is 0 Å². The van der Waals surface area contributed by atoms with E-state index < -0.39 is 0 Å². The van der Waals surface area contributed by atoms with Gasteiger partial charge in [-0.15, -0.1) is 0 Å². The van der Waals surface area contributed by atoms with Crippen molar-refractivity contribution in [1.82, 2.24) is 0 Å². The molecule has 0 aliphatic rings. The Morgan fingerprint density at radius 3 is 2.23 bits per heavy atom. The first-order valence-electron chi connectivity index (χ1n) is 4.49. The second-order valence-electron chi connectivity index (χ2n) is 3.42. The first kappa shape index (κ1) is 9.85. The van der Waals surface area contributed by atoms with Crippen molar-refractivity contribution in [2.75, 3.05) is 0 Å². The van der Waals surface area contributed by atoms with Crippen molar-refractivity contribution < 1.29 is 4.74 Å². The maximum Gasteiger partial charge on any atom is 0.129 e. The van der Waals surface area contributed by atoms with E-state index in [0.717, 1.165) is 11.5 Å². The van der Waals surface area contributed by atoms with Gasteiger partial charge in [0.15, 0.2) is 0 Å². The van der Waals surface area contributed by atoms with Crippen molar-refractivity contribution in [2.45, 2.75) is 27.7 Å². The van der Waals surface area contributed by atoms with Gasteiger partial charge in [-0.3, -0.25) is 0 Å². The second-order valence-corrected chi connectivity index (χ2v) is 3.42. The fourth-order valence-corrected chi connectivity index (χ4v) is 0.938. The topological polar surface area (TPSA) is 9.23 Å². The summed E-state index contributed by atoms with van der Waals surface area (Å²) in [6.45, 7) is 8.14. The Hall–Kier alpha value is -1.24. The average Bonchev–Trinajstić information content (AvgIpc) is 2.08. The summed E-state index contributed by atoms with van der Waals surface area (Å²) in [6.07, 6.45) is 0. The Labute approximate surface area is 80.0 Å². The Bertz CT molecular complexity index is 320. The third-order valence-corrected chi connectivity index (χ3v) is 2.06. The Morgan fingerprint density at radius 2 is 1.69 bits per heavy atom. The fraction of sp³-hybridized carbons (Fsp3) is 0.333. The number of aryl methyl sites for hydroxylation is 1. The molecule has 0 aliphatic carbocycles. The molecule has 0 saturated carbocycles. The second kappa shape index (κ2) is 4.13. The standard InChI is InChI=1S/C12H16O/c1-9(2)11(4)13-12-8-6-5-7-10(12)3/h5-8H,1-4H3. The van der Waals surface area contributed by atoms with Crippen molar-refractivity contribution in [3.8, 4) is 5.75 Å². The van der Waals surface area contributed by atoms with E-state index in [1.807, 2.05) is 52.0 Å². The summed E-state index contributed by atoms with van der Waals surface area (Å²) in [5.41, 5.74) is 2.38. The smallest absolute Gasteiger partial charge is 0.129 e. The SMILES string of the molecule is CC(C)=C(C)Oc1ccccc1C. The Morgan fingerprint density at radius 1 is 1.08 bits per heavy atom. The van der Waals surface area contributed by atoms with Gasteiger partial charge in [-0.05, 0) is 44.9 Å². The summed E-state index contributed by atoms with van der Waals surface area (Å²) in [5.74, 6) is 1.93. The zero-order valence-corrected chi connectivity index (χ0v) is 8.72. The molecule has 1 nitrogen and oxygen atoms in total. The maximum absolute atomic E-state index is 5.69. The molecular formula is C12H16O. The third kappa shape index (κ3) is 2.62. The van der Waals surface area contributed by atoms with Gasteiger partial charge in [0, 0.05) is 0 Å². The summed E-state index contributed by atoms with van der Waals surface area (Å²) in [4.78, 5) is 0. The summed E-state index contributed by atoms with van der Waals surface area (Å²) in [6, 6.07) is 8.04. The number of hydrogen-bond acceptors (Lipinski definition) is 1. The third-order valence-electron chi connectivity index (χ3n) is 2.06. The maximum atomic E-state index is 5.69. The van der Waals surface area contributed by atoms with Crippen LogP contribution in [0.4, 0.5) is 0 Å². The number of ether oxygens (including phenoxy) is 1. The summed E-state index contributed by atoms with van der Waals surface area (Å²) in [7, 11) is 0. The largest absolute Gasteiger partial charge is 0.462 e. The summed E-state index contributed by atoms with van der Waals surface area (Å²) < 4.78 is 5.69. The predicted octanol–water partition coefficient (Wildman–Crippen LogP) is 3.69. The molecule has 13 heavy (non-hydrogen) atoms. The van der Waals surface area contributed by atoms with Crippen LogP contribution in [-0.2, 0) is 0 Å². The van der Waals surface area contributed by atoms with Gasteiger partial charge in [0.2, 0.25) is 0 Å². The lowest BCUT2D eigenvalue weighted by atomic mass is 10.2. The summed E-state index contributed by atoms with van der Waals surface area (Å²) >= 11 is 0. The molecule has 0 radical (unpaired) electrons. The highest BCUT2D eigenvalue weighted by molar-refractivity contribution is 5.33. The molecule has 1 aromatic carbocycles. The number of benzene rings is 1. The van der Waals surface area contributed by atoms with Crippen molar-refractivity contribution in [3.05, 3.63) is 41.2 Å². The molecule has 0 N–H and O–H groups in total. The molecule has 0 atom stereocenters. The molecule has 1 rings (SSSR count). The van der Waals surface area contributed by atoms with Crippen LogP contribution in [0.2, 0.25) is 0 Å². The van der Waals surface area contributed by atoms with E-state index in [2.05, 4.69) is 0 Å². The van der Waals surface area contributed by atoms with Crippen molar-refractivity contribution in [3.63, 3.8) is 0 Å². The minimum absolute atomic E-state index is 0.946. The lowest BCUT2D eigenvalue weighted by Gasteiger charge is -2.09. The predicted molar refractivity (Wildman–Crippen MR) is 55.9 cm³/mol. The van der Waals surface area contributed by atoms with E-state index in [0.29, 0.717) is 0 Å². The van der Waals surface area contributed by atoms with Gasteiger partial charge in [0.05, 0.1) is 5.76 Å². The lowest BCUT2D eigenvalue weighted by Crippen LogP contribution is -1.94. The van der Waals surface area contributed by atoms with Gasteiger partial charge < -0.3 is 4.74 Å². The van der Waals surface area contributed by atoms with Crippen LogP contribution in [0.5, 0.6) is 5.75 Å². The fourth-order valence-electron chi connectivity index (χ4n) is 0.938. The van der Waals surface area contributed by atoms with Gasteiger partial charge in [0.1, 0.15) is 5.75 Å². The van der Waals surface area contributed by atoms with Gasteiger partial charge in [-0.25, -0.2) is 0 Å². The highest BCUT2D eigenvalue weighted by atomic mass is 16.5. The molecular weight excluding hydrogens is 160 g/mol. The van der Waals surface area contributed by atoms with E-state index in [1.165, 1.54) is 11.1 Å². The Balaban J connectivity index is 2.87. The monoisotopic (exact) mass is 176 g/mol. The number of rotatable bonds is 2. The number of para-hydroxylation sites is 1. The molecule has 0 fully saturated rings. The highest BCUT2D eigenvalue weighted by Crippen LogP contribution is 2.19. The molecule has 70 valence electrons. The lowest BCUT2D eigenvalue weighted by molar-refractivity contribution is 0.418. The van der Waals surface area contributed by atoms with E-state index in [-0.39, 0.29) is 0 Å². The molecule has 0 aliphatic heterocycles. The van der Waals surface area contributed by atoms with Crippen LogP contribution in [0.3, 0.4) is 0 Å². The van der Waals surface area contributed by atoms with Crippen LogP contribution in [0.1, 0.15) is 26.3 Å². The van der Waals surface area contributed by atoms with E-state index >= 15 is 0 Å². The van der Waals surface area contributed by atoms with Crippen LogP contribution in [0, 0.1) is 6.92 Å². The minimum Gasteiger partial charge on any atom is -0.462 e. The van der Waals surface area contributed by atoms with Crippen molar-refractivity contribution in [2.24, 2.45) is 0 Å². The van der Waals surface area contributed by atoms with Gasteiger partial charge in [-0.2, -0.15) is 0 Å². The van der Waals surface area contributed by atoms with Gasteiger partial charge in [0.25, 0.3) is 0 Å². The van der Waals surface area contributed by atoms with E-state index in [1.54, 1.807) is 0 Å². The molecule has 0 heterocycles. The normalized spacial score (nSPS) is 9.54. The molecule has 0 saturated heterocycles. The zero-order chi connectivity index (χ0) is 9.84. The van der Waals surface area contributed by atoms with Gasteiger partial charge >= 0.3 is 0 Å². The number of hydrogen-bond donors (Lipinski definition) is 0. The molecule has 0 aromatic heterocycles. The van der Waals surface area contributed by atoms with Crippen LogP contribution in [0.15, 0.2) is 35.6 Å². The molecule has 1 aromatic rings. The quantitative estimate of drug-likeness (QED) is 0.624. The zero-order valence-electron chi connectivity index (χ0n) is 8.72. The summed E-state index contributed by atoms with van der Waals surface area (Å²) in [5, 5.41) is 0. The van der Waals surface area contributed by atoms with Gasteiger partial charge in [-0.1, -0.05) is 18.2 Å². The number of allylic oxidation sites excluding steroid dienone is 2. The van der Waals surface area contributed by atoms with Crippen LogP contribution >= 0.6 is 0 Å². The van der Waals surface area contributed by atoms with Crippen LogP contribution in [0.25, 0.3) is 0 Å². The van der Waals surface area contributed by atoms with Crippen molar-refractivity contribution >= 4 is 0 Å². The molecule has 0 amide bonds. The molecule has 0 unspecified atom stereocenters. The highest BCUT2D eigenvalue weighted by Gasteiger charge is 1.99. The average molecular weight is 176 g/mol. The molecule has 0 bridgehead atoms. The Kier molecular flexibility index (Phi) is 3.13. The van der Waals surface area contributed by atoms with Crippen LogP contribution in [-0.4, -0.2) is 0 Å². The van der Waals surface area contributed by atoms with E-state index in [9.17, 15) is 0 Å².